The molecule has 1 aliphatic rings. The van der Waals surface area contributed by atoms with Gasteiger partial charge in [0.2, 0.25) is 6.79 Å². The molecule has 0 N–H and O–H groups in total. The summed E-state index contributed by atoms with van der Waals surface area (Å²) in [5.74, 6) is -0.597. The smallest absolute Gasteiger partial charge is 0.231 e. The van der Waals surface area contributed by atoms with E-state index < -0.39 is 17.5 Å². The average molecular weight is 508 g/mol. The molecule has 1 aromatic heterocycles. The van der Waals surface area contributed by atoms with E-state index in [-0.39, 0.29) is 18.9 Å². The number of ether oxygens (including phenoxy) is 2. The maximum absolute atomic E-state index is 14.6. The summed E-state index contributed by atoms with van der Waals surface area (Å²) in [4.78, 5) is 6.62. The second kappa shape index (κ2) is 11.1. The third-order valence-corrected chi connectivity index (χ3v) is 6.42. The first-order valence-corrected chi connectivity index (χ1v) is 12.4. The summed E-state index contributed by atoms with van der Waals surface area (Å²) in [6.45, 7) is 3.78. The lowest BCUT2D eigenvalue weighted by atomic mass is 10.1. The Bertz CT molecular complexity index is 1350. The predicted octanol–water partition coefficient (Wildman–Crippen LogP) is 6.70. The first-order chi connectivity index (χ1) is 18.0. The highest BCUT2D eigenvalue weighted by Gasteiger charge is 2.21. The molecule has 37 heavy (non-hydrogen) atoms. The van der Waals surface area contributed by atoms with Crippen LogP contribution in [0.4, 0.5) is 13.2 Å². The Morgan fingerprint density at radius 2 is 1.65 bits per heavy atom. The van der Waals surface area contributed by atoms with Crippen molar-refractivity contribution in [3.8, 4) is 22.9 Å². The maximum atomic E-state index is 14.6. The minimum atomic E-state index is -0.939. The number of halogens is 3. The van der Waals surface area contributed by atoms with E-state index in [0.717, 1.165) is 54.2 Å². The van der Waals surface area contributed by atoms with Gasteiger partial charge in [-0.3, -0.25) is 4.90 Å². The minimum Gasteiger partial charge on any atom is -0.454 e. The maximum Gasteiger partial charge on any atom is 0.231 e. The molecular weight excluding hydrogens is 479 g/mol. The molecule has 0 amide bonds. The van der Waals surface area contributed by atoms with Gasteiger partial charge in [-0.2, -0.15) is 0 Å². The Hall–Kier alpha value is -3.78. The summed E-state index contributed by atoms with van der Waals surface area (Å²) in [5, 5.41) is 0. The molecular formula is C29H28F3N3O2. The molecule has 4 aromatic rings. The molecule has 192 valence electrons. The number of hydrogen-bond donors (Lipinski definition) is 0. The Labute approximate surface area is 214 Å². The summed E-state index contributed by atoms with van der Waals surface area (Å²) in [6.07, 6.45) is 3.80. The molecule has 5 nitrogen and oxygen atoms in total. The summed E-state index contributed by atoms with van der Waals surface area (Å²) in [5.41, 5.74) is 2.65. The number of nitrogens with zero attached hydrogens (tertiary/aromatic N) is 3. The van der Waals surface area contributed by atoms with Crippen LogP contribution in [0.1, 0.15) is 36.6 Å². The van der Waals surface area contributed by atoms with E-state index in [1.165, 1.54) is 0 Å². The van der Waals surface area contributed by atoms with Gasteiger partial charge in [0.1, 0.15) is 23.3 Å². The average Bonchev–Trinajstić information content (AvgIpc) is 3.52. The zero-order valence-corrected chi connectivity index (χ0v) is 20.6. The molecule has 0 unspecified atom stereocenters. The van der Waals surface area contributed by atoms with E-state index in [9.17, 15) is 13.2 Å². The second-order valence-electron chi connectivity index (χ2n) is 9.13. The van der Waals surface area contributed by atoms with Gasteiger partial charge in [-0.25, -0.2) is 18.2 Å². The van der Waals surface area contributed by atoms with E-state index in [0.29, 0.717) is 24.6 Å². The zero-order chi connectivity index (χ0) is 25.8. The Morgan fingerprint density at radius 3 is 2.41 bits per heavy atom. The van der Waals surface area contributed by atoms with Crippen molar-refractivity contribution in [3.63, 3.8) is 0 Å². The minimum absolute atomic E-state index is 0.0496. The summed E-state index contributed by atoms with van der Waals surface area (Å²) < 4.78 is 55.9. The van der Waals surface area contributed by atoms with Crippen LogP contribution >= 0.6 is 0 Å². The van der Waals surface area contributed by atoms with Gasteiger partial charge >= 0.3 is 0 Å². The topological polar surface area (TPSA) is 39.5 Å². The Morgan fingerprint density at radius 1 is 0.892 bits per heavy atom. The number of benzene rings is 3. The van der Waals surface area contributed by atoms with Crippen molar-refractivity contribution in [2.24, 2.45) is 0 Å². The largest absolute Gasteiger partial charge is 0.454 e. The number of aromatic nitrogens is 2. The highest BCUT2D eigenvalue weighted by atomic mass is 19.1. The molecule has 3 aromatic carbocycles. The molecule has 0 atom stereocenters. The normalized spacial score (nSPS) is 12.5. The van der Waals surface area contributed by atoms with Gasteiger partial charge in [-0.1, -0.05) is 49.7 Å². The third-order valence-electron chi connectivity index (χ3n) is 6.42. The van der Waals surface area contributed by atoms with E-state index in [1.54, 1.807) is 0 Å². The summed E-state index contributed by atoms with van der Waals surface area (Å²) in [6, 6.07) is 17.0. The first-order valence-electron chi connectivity index (χ1n) is 12.4. The van der Waals surface area contributed by atoms with Crippen molar-refractivity contribution < 1.29 is 22.6 Å². The molecule has 5 rings (SSSR count). The number of hydrogen-bond acceptors (Lipinski definition) is 4. The molecule has 0 radical (unpaired) electrons. The van der Waals surface area contributed by atoms with Crippen molar-refractivity contribution >= 4 is 0 Å². The molecule has 0 saturated heterocycles. The van der Waals surface area contributed by atoms with Gasteiger partial charge in [0.15, 0.2) is 11.5 Å². The molecule has 0 saturated carbocycles. The van der Waals surface area contributed by atoms with Crippen molar-refractivity contribution in [2.45, 2.75) is 45.9 Å². The van der Waals surface area contributed by atoms with Crippen LogP contribution in [0.25, 0.3) is 11.4 Å². The summed E-state index contributed by atoms with van der Waals surface area (Å²) >= 11 is 0. The van der Waals surface area contributed by atoms with Crippen LogP contribution in [0.5, 0.6) is 11.5 Å². The Kier molecular flexibility index (Phi) is 7.46. The second-order valence-corrected chi connectivity index (χ2v) is 9.13. The van der Waals surface area contributed by atoms with Crippen LogP contribution in [-0.4, -0.2) is 21.2 Å². The van der Waals surface area contributed by atoms with Crippen LogP contribution in [0.2, 0.25) is 0 Å². The zero-order valence-electron chi connectivity index (χ0n) is 20.6. The third kappa shape index (κ3) is 5.64. The number of rotatable bonds is 10. The van der Waals surface area contributed by atoms with Crippen LogP contribution in [-0.2, 0) is 26.2 Å². The van der Waals surface area contributed by atoms with Crippen LogP contribution in [0, 0.1) is 17.5 Å². The quantitative estimate of drug-likeness (QED) is 0.240. The molecule has 0 bridgehead atoms. The predicted molar refractivity (Wildman–Crippen MR) is 134 cm³/mol. The fourth-order valence-corrected chi connectivity index (χ4v) is 4.56. The fraction of sp³-hybridized carbons (Fsp3) is 0.276. The van der Waals surface area contributed by atoms with Crippen LogP contribution in [0.15, 0.2) is 66.9 Å². The van der Waals surface area contributed by atoms with E-state index in [1.807, 2.05) is 59.6 Å². The lowest BCUT2D eigenvalue weighted by Crippen LogP contribution is -2.25. The standard InChI is InChI=1S/C29H28F3N3O2/c1-2-3-11-35-23(15-33-29(35)21-7-5-4-6-8-21)17-34(18-24-25(31)13-22(30)14-26(24)32)16-20-9-10-27-28(12-20)37-19-36-27/h4-10,12-15H,2-3,11,16-19H2,1H3. The van der Waals surface area contributed by atoms with Crippen molar-refractivity contribution in [1.29, 1.82) is 0 Å². The molecule has 1 aliphatic heterocycles. The van der Waals surface area contributed by atoms with Crippen LogP contribution in [0.3, 0.4) is 0 Å². The molecule has 2 heterocycles. The van der Waals surface area contributed by atoms with Gasteiger partial charge in [0.25, 0.3) is 0 Å². The molecule has 0 spiro atoms. The molecule has 0 aliphatic carbocycles. The fourth-order valence-electron chi connectivity index (χ4n) is 4.56. The number of imidazole rings is 1. The Balaban J connectivity index is 1.48. The summed E-state index contributed by atoms with van der Waals surface area (Å²) in [7, 11) is 0. The van der Waals surface area contributed by atoms with Crippen molar-refractivity contribution in [3.05, 3.63) is 101 Å². The van der Waals surface area contributed by atoms with Crippen LogP contribution < -0.4 is 9.47 Å². The lowest BCUT2D eigenvalue weighted by molar-refractivity contribution is 0.174. The lowest BCUT2D eigenvalue weighted by Gasteiger charge is -2.24. The van der Waals surface area contributed by atoms with E-state index in [4.69, 9.17) is 14.5 Å². The van der Waals surface area contributed by atoms with Crippen molar-refractivity contribution in [1.82, 2.24) is 14.5 Å². The van der Waals surface area contributed by atoms with Gasteiger partial charge in [-0.15, -0.1) is 0 Å². The SMILES string of the molecule is CCCCn1c(CN(Cc2ccc3c(c2)OCO3)Cc2c(F)cc(F)cc2F)cnc1-c1ccccc1. The van der Waals surface area contributed by atoms with Gasteiger partial charge in [0, 0.05) is 49.4 Å². The van der Waals surface area contributed by atoms with Gasteiger partial charge in [0.05, 0.1) is 11.9 Å². The van der Waals surface area contributed by atoms with Crippen molar-refractivity contribution in [2.75, 3.05) is 6.79 Å². The highest BCUT2D eigenvalue weighted by Crippen LogP contribution is 2.33. The molecule has 0 fully saturated rings. The van der Waals surface area contributed by atoms with Gasteiger partial charge in [-0.05, 0) is 24.1 Å². The van der Waals surface area contributed by atoms with E-state index >= 15 is 0 Å². The first kappa shape index (κ1) is 24.9. The number of fused-ring (bicyclic) bond motifs is 1. The van der Waals surface area contributed by atoms with E-state index in [2.05, 4.69) is 11.5 Å². The molecule has 8 heteroatoms. The number of unbranched alkanes of at least 4 members (excludes halogenated alkanes) is 1. The van der Waals surface area contributed by atoms with Gasteiger partial charge < -0.3 is 14.0 Å². The highest BCUT2D eigenvalue weighted by molar-refractivity contribution is 5.56. The monoisotopic (exact) mass is 507 g/mol.